The third-order valence-corrected chi connectivity index (χ3v) is 7.04. The van der Waals surface area contributed by atoms with Crippen LogP contribution in [-0.2, 0) is 4.79 Å². The molecule has 0 spiro atoms. The summed E-state index contributed by atoms with van der Waals surface area (Å²) in [6.07, 6.45) is 1.69. The lowest BCUT2D eigenvalue weighted by Crippen LogP contribution is -2.53. The fourth-order valence-corrected chi connectivity index (χ4v) is 4.91. The van der Waals surface area contributed by atoms with E-state index in [4.69, 9.17) is 23.2 Å². The van der Waals surface area contributed by atoms with E-state index >= 15 is 0 Å². The largest absolute Gasteiger partial charge is 0.368 e. The van der Waals surface area contributed by atoms with E-state index in [-0.39, 0.29) is 17.8 Å². The third kappa shape index (κ3) is 4.11. The predicted molar refractivity (Wildman–Crippen MR) is 128 cm³/mol. The number of rotatable bonds is 3. The molecule has 2 aromatic carbocycles. The molecule has 3 heterocycles. The first-order valence-electron chi connectivity index (χ1n) is 10.8. The first-order valence-corrected chi connectivity index (χ1v) is 11.5. The summed E-state index contributed by atoms with van der Waals surface area (Å²) in [4.78, 5) is 22.5. The Kier molecular flexibility index (Phi) is 5.85. The molecule has 0 N–H and O–H groups in total. The van der Waals surface area contributed by atoms with Crippen molar-refractivity contribution in [3.05, 3.63) is 76.2 Å². The Balaban J connectivity index is 1.41. The Morgan fingerprint density at radius 3 is 2.42 bits per heavy atom. The van der Waals surface area contributed by atoms with E-state index in [1.54, 1.807) is 35.1 Å². The molecule has 2 aliphatic rings. The summed E-state index contributed by atoms with van der Waals surface area (Å²) in [6, 6.07) is 13.3. The highest BCUT2D eigenvalue weighted by atomic mass is 35.5. The summed E-state index contributed by atoms with van der Waals surface area (Å²) in [5.74, 6) is -0.0565. The molecule has 0 radical (unpaired) electrons. The Bertz CT molecular complexity index is 1220. The lowest BCUT2D eigenvalue weighted by Gasteiger charge is -2.40. The average Bonchev–Trinajstić information content (AvgIpc) is 3.28. The van der Waals surface area contributed by atoms with Crippen molar-refractivity contribution in [1.82, 2.24) is 14.7 Å². The van der Waals surface area contributed by atoms with E-state index in [0.29, 0.717) is 42.0 Å². The molecular formula is C24H22Cl2FN5O. The maximum absolute atomic E-state index is 13.8. The van der Waals surface area contributed by atoms with Crippen LogP contribution < -0.4 is 4.90 Å². The van der Waals surface area contributed by atoms with Crippen LogP contribution in [0.25, 0.3) is 0 Å². The monoisotopic (exact) mass is 485 g/mol. The maximum atomic E-state index is 13.8. The molecule has 170 valence electrons. The summed E-state index contributed by atoms with van der Waals surface area (Å²) in [5, 5.41) is 5.35. The van der Waals surface area contributed by atoms with E-state index in [9.17, 15) is 9.18 Å². The van der Waals surface area contributed by atoms with Crippen LogP contribution in [0.5, 0.6) is 0 Å². The number of amides is 1. The Hall–Kier alpha value is -2.90. The molecular weight excluding hydrogens is 464 g/mol. The van der Waals surface area contributed by atoms with Crippen molar-refractivity contribution in [2.75, 3.05) is 31.1 Å². The number of aliphatic imine (C=N–C) groups is 1. The molecule has 3 aromatic rings. The van der Waals surface area contributed by atoms with Crippen molar-refractivity contribution in [3.63, 3.8) is 0 Å². The lowest BCUT2D eigenvalue weighted by atomic mass is 9.87. The molecule has 5 rings (SSSR count). The van der Waals surface area contributed by atoms with Gasteiger partial charge in [0.25, 0.3) is 0 Å². The number of aromatic nitrogens is 2. The zero-order chi connectivity index (χ0) is 23.1. The van der Waals surface area contributed by atoms with Gasteiger partial charge in [0.15, 0.2) is 5.82 Å². The van der Waals surface area contributed by atoms with Crippen LogP contribution >= 0.6 is 23.2 Å². The van der Waals surface area contributed by atoms with Gasteiger partial charge in [0.2, 0.25) is 5.91 Å². The topological polar surface area (TPSA) is 53.7 Å². The van der Waals surface area contributed by atoms with Crippen molar-refractivity contribution in [3.8, 4) is 0 Å². The van der Waals surface area contributed by atoms with Crippen molar-refractivity contribution in [2.24, 2.45) is 10.9 Å². The van der Waals surface area contributed by atoms with Crippen LogP contribution in [0, 0.1) is 11.7 Å². The fourth-order valence-electron chi connectivity index (χ4n) is 4.61. The SMILES string of the molecule is CC1=Nc2ccnn2C(c2ccc(Cl)c(Cl)c2)C1C(=O)N1CCN(c2ccc(F)cc2)CC1. The highest BCUT2D eigenvalue weighted by Crippen LogP contribution is 2.39. The van der Waals surface area contributed by atoms with Gasteiger partial charge in [-0.15, -0.1) is 0 Å². The molecule has 2 atom stereocenters. The second-order valence-electron chi connectivity index (χ2n) is 8.27. The summed E-state index contributed by atoms with van der Waals surface area (Å²) < 4.78 is 15.0. The highest BCUT2D eigenvalue weighted by Gasteiger charge is 2.40. The van der Waals surface area contributed by atoms with E-state index in [1.807, 2.05) is 24.0 Å². The number of hydrogen-bond acceptors (Lipinski definition) is 4. The zero-order valence-electron chi connectivity index (χ0n) is 18.0. The smallest absolute Gasteiger partial charge is 0.234 e. The predicted octanol–water partition coefficient (Wildman–Crippen LogP) is 4.99. The fraction of sp³-hybridized carbons (Fsp3) is 0.292. The quantitative estimate of drug-likeness (QED) is 0.524. The van der Waals surface area contributed by atoms with Gasteiger partial charge in [-0.3, -0.25) is 4.79 Å². The van der Waals surface area contributed by atoms with Crippen molar-refractivity contribution >= 4 is 46.3 Å². The van der Waals surface area contributed by atoms with Gasteiger partial charge in [-0.05, 0) is 48.9 Å². The number of carbonyl (C=O) groups is 1. The molecule has 2 unspecified atom stereocenters. The Morgan fingerprint density at radius 2 is 1.73 bits per heavy atom. The summed E-state index contributed by atoms with van der Waals surface area (Å²) in [6.45, 7) is 4.37. The number of halogens is 3. The van der Waals surface area contributed by atoms with Gasteiger partial charge in [-0.1, -0.05) is 29.3 Å². The number of nitrogens with zero attached hydrogens (tertiary/aromatic N) is 5. The molecule has 0 bridgehead atoms. The minimum atomic E-state index is -0.507. The molecule has 1 saturated heterocycles. The molecule has 0 saturated carbocycles. The van der Waals surface area contributed by atoms with Gasteiger partial charge < -0.3 is 9.80 Å². The minimum absolute atomic E-state index is 0.00669. The van der Waals surface area contributed by atoms with Crippen LogP contribution in [-0.4, -0.2) is 52.5 Å². The summed E-state index contributed by atoms with van der Waals surface area (Å²) >= 11 is 12.5. The van der Waals surface area contributed by atoms with Crippen LogP contribution in [0.2, 0.25) is 10.0 Å². The van der Waals surface area contributed by atoms with Gasteiger partial charge >= 0.3 is 0 Å². The van der Waals surface area contributed by atoms with Gasteiger partial charge in [0.1, 0.15) is 11.7 Å². The maximum Gasteiger partial charge on any atom is 0.234 e. The van der Waals surface area contributed by atoms with E-state index in [2.05, 4.69) is 15.0 Å². The van der Waals surface area contributed by atoms with Gasteiger partial charge in [0, 0.05) is 43.6 Å². The molecule has 0 aliphatic carbocycles. The minimum Gasteiger partial charge on any atom is -0.368 e. The molecule has 9 heteroatoms. The Labute approximate surface area is 201 Å². The second-order valence-corrected chi connectivity index (χ2v) is 9.09. The van der Waals surface area contributed by atoms with Crippen LogP contribution in [0.15, 0.2) is 59.7 Å². The van der Waals surface area contributed by atoms with Gasteiger partial charge in [0.05, 0.1) is 22.3 Å². The highest BCUT2D eigenvalue weighted by molar-refractivity contribution is 6.42. The number of carbonyl (C=O) groups excluding carboxylic acids is 1. The average molecular weight is 486 g/mol. The van der Waals surface area contributed by atoms with Gasteiger partial charge in [-0.2, -0.15) is 5.10 Å². The number of piperazine rings is 1. The Morgan fingerprint density at radius 1 is 1.00 bits per heavy atom. The normalized spacial score (nSPS) is 20.4. The number of benzene rings is 2. The molecule has 1 amide bonds. The zero-order valence-corrected chi connectivity index (χ0v) is 19.5. The number of fused-ring (bicyclic) bond motifs is 1. The van der Waals surface area contributed by atoms with Crippen molar-refractivity contribution in [1.29, 1.82) is 0 Å². The standard InChI is InChI=1S/C24H22Cl2FN5O/c1-15-22(24(33)31-12-10-30(11-13-31)18-5-3-17(27)4-6-18)23(32-21(29-15)8-9-28-32)16-2-7-19(25)20(26)14-16/h2-9,14,22-23H,10-13H2,1H3. The molecule has 1 aromatic heterocycles. The molecule has 1 fully saturated rings. The van der Waals surface area contributed by atoms with E-state index < -0.39 is 5.92 Å². The third-order valence-electron chi connectivity index (χ3n) is 6.30. The second kappa shape index (κ2) is 8.80. The van der Waals surface area contributed by atoms with E-state index in [0.717, 1.165) is 17.0 Å². The van der Waals surface area contributed by atoms with Crippen LogP contribution in [0.3, 0.4) is 0 Å². The van der Waals surface area contributed by atoms with Gasteiger partial charge in [-0.25, -0.2) is 14.1 Å². The molecule has 33 heavy (non-hydrogen) atoms. The molecule has 2 aliphatic heterocycles. The van der Waals surface area contributed by atoms with E-state index in [1.165, 1.54) is 12.1 Å². The first-order chi connectivity index (χ1) is 15.9. The number of hydrogen-bond donors (Lipinski definition) is 0. The van der Waals surface area contributed by atoms with Crippen LogP contribution in [0.4, 0.5) is 15.9 Å². The summed E-state index contributed by atoms with van der Waals surface area (Å²) in [5.41, 5.74) is 2.55. The lowest BCUT2D eigenvalue weighted by molar-refractivity contribution is -0.134. The number of anilines is 1. The first kappa shape index (κ1) is 21.9. The van der Waals surface area contributed by atoms with Crippen molar-refractivity contribution < 1.29 is 9.18 Å². The molecule has 6 nitrogen and oxygen atoms in total. The van der Waals surface area contributed by atoms with Crippen LogP contribution in [0.1, 0.15) is 18.5 Å². The van der Waals surface area contributed by atoms with Crippen molar-refractivity contribution in [2.45, 2.75) is 13.0 Å². The summed E-state index contributed by atoms with van der Waals surface area (Å²) in [7, 11) is 0.